The Balaban J connectivity index is 1.57. The average molecular weight is 363 g/mol. The minimum absolute atomic E-state index is 0.112. The Morgan fingerprint density at radius 2 is 2.11 bits per heavy atom. The van der Waals surface area contributed by atoms with Gasteiger partial charge >= 0.3 is 0 Å². The molecule has 8 heteroatoms. The monoisotopic (exact) mass is 363 g/mol. The third kappa shape index (κ3) is 2.64. The second-order valence-corrected chi connectivity index (χ2v) is 6.77. The van der Waals surface area contributed by atoms with Crippen LogP contribution in [0.2, 0.25) is 0 Å². The number of hydrogen-bond donors (Lipinski definition) is 0. The molecule has 1 aliphatic heterocycles. The van der Waals surface area contributed by atoms with Crippen LogP contribution in [0, 0.1) is 12.7 Å². The Kier molecular flexibility index (Phi) is 3.63. The van der Waals surface area contributed by atoms with Crippen molar-refractivity contribution >= 4 is 11.5 Å². The van der Waals surface area contributed by atoms with Crippen molar-refractivity contribution in [2.24, 2.45) is 0 Å². The fourth-order valence-corrected chi connectivity index (χ4v) is 3.68. The summed E-state index contributed by atoms with van der Waals surface area (Å²) < 4.78 is 17.8. The summed E-state index contributed by atoms with van der Waals surface area (Å²) in [7, 11) is 0. The molecule has 0 aromatic carbocycles. The minimum Gasteiger partial charge on any atom is -0.348 e. The zero-order chi connectivity index (χ0) is 18.4. The lowest BCUT2D eigenvalue weighted by Gasteiger charge is -2.25. The van der Waals surface area contributed by atoms with Crippen LogP contribution >= 0.6 is 0 Å². The molecule has 0 saturated carbocycles. The van der Waals surface area contributed by atoms with Crippen molar-refractivity contribution in [3.8, 4) is 5.69 Å². The largest absolute Gasteiger partial charge is 0.348 e. The maximum absolute atomic E-state index is 14.3. The molecular weight excluding hydrogens is 345 g/mol. The number of pyridine rings is 1. The van der Waals surface area contributed by atoms with Gasteiger partial charge in [0, 0.05) is 25.1 Å². The van der Waals surface area contributed by atoms with Gasteiger partial charge in [-0.2, -0.15) is 10.2 Å². The quantitative estimate of drug-likeness (QED) is 0.560. The van der Waals surface area contributed by atoms with Gasteiger partial charge < -0.3 is 4.90 Å². The lowest BCUT2D eigenvalue weighted by atomic mass is 10.1. The second kappa shape index (κ2) is 6.15. The molecule has 1 fully saturated rings. The Morgan fingerprint density at radius 3 is 2.93 bits per heavy atom. The summed E-state index contributed by atoms with van der Waals surface area (Å²) in [5.74, 6) is 0.521. The first-order valence-corrected chi connectivity index (χ1v) is 8.94. The zero-order valence-corrected chi connectivity index (χ0v) is 14.8. The van der Waals surface area contributed by atoms with Crippen LogP contribution in [0.4, 0.5) is 10.2 Å². The molecule has 0 unspecified atom stereocenters. The summed E-state index contributed by atoms with van der Waals surface area (Å²) >= 11 is 0. The highest BCUT2D eigenvalue weighted by molar-refractivity contribution is 5.61. The van der Waals surface area contributed by atoms with Crippen molar-refractivity contribution in [2.75, 3.05) is 11.4 Å². The minimum atomic E-state index is -0.271. The van der Waals surface area contributed by atoms with Gasteiger partial charge in [-0.3, -0.25) is 4.98 Å². The van der Waals surface area contributed by atoms with Crippen LogP contribution in [0.15, 0.2) is 49.2 Å². The molecule has 1 aliphatic rings. The van der Waals surface area contributed by atoms with Crippen LogP contribution in [-0.4, -0.2) is 35.9 Å². The van der Waals surface area contributed by atoms with Crippen LogP contribution in [0.3, 0.4) is 0 Å². The van der Waals surface area contributed by atoms with E-state index >= 15 is 0 Å². The van der Waals surface area contributed by atoms with Gasteiger partial charge in [0.2, 0.25) is 0 Å². The van der Waals surface area contributed by atoms with Gasteiger partial charge in [-0.1, -0.05) is 0 Å². The first-order valence-electron chi connectivity index (χ1n) is 8.94. The topological polar surface area (TPSA) is 64.1 Å². The standard InChI is InChI=1S/C19H18FN7/c1-13-10-22-27(12-13)16-11-23-26-9-6-17(24-19(16)26)25-8-3-5-15(25)18-14(20)4-2-7-21-18/h2,4,6-7,9-12,15H,3,5,8H2,1H3/t15-/m0/s1. The molecule has 0 aliphatic carbocycles. The fourth-order valence-electron chi connectivity index (χ4n) is 3.68. The molecule has 136 valence electrons. The van der Waals surface area contributed by atoms with E-state index in [2.05, 4.69) is 20.1 Å². The molecule has 0 amide bonds. The molecule has 4 aromatic heterocycles. The molecule has 0 radical (unpaired) electrons. The van der Waals surface area contributed by atoms with Crippen LogP contribution in [0.5, 0.6) is 0 Å². The predicted octanol–water partition coefficient (Wildman–Crippen LogP) is 3.10. The van der Waals surface area contributed by atoms with Crippen LogP contribution in [0.1, 0.15) is 30.1 Å². The zero-order valence-electron chi connectivity index (χ0n) is 14.8. The van der Waals surface area contributed by atoms with Crippen molar-refractivity contribution < 1.29 is 4.39 Å². The first kappa shape index (κ1) is 15.9. The smallest absolute Gasteiger partial charge is 0.183 e. The highest BCUT2D eigenvalue weighted by Gasteiger charge is 2.30. The van der Waals surface area contributed by atoms with E-state index in [1.54, 1.807) is 33.9 Å². The van der Waals surface area contributed by atoms with E-state index in [4.69, 9.17) is 4.98 Å². The van der Waals surface area contributed by atoms with Gasteiger partial charge in [-0.15, -0.1) is 0 Å². The van der Waals surface area contributed by atoms with Gasteiger partial charge in [0.1, 0.15) is 17.3 Å². The lowest BCUT2D eigenvalue weighted by molar-refractivity contribution is 0.562. The van der Waals surface area contributed by atoms with Gasteiger partial charge in [-0.05, 0) is 43.5 Å². The normalized spacial score (nSPS) is 17.1. The highest BCUT2D eigenvalue weighted by atomic mass is 19.1. The number of anilines is 1. The number of fused-ring (bicyclic) bond motifs is 1. The number of rotatable bonds is 3. The second-order valence-electron chi connectivity index (χ2n) is 6.77. The first-order chi connectivity index (χ1) is 13.2. The SMILES string of the molecule is Cc1cnn(-c2cnn3ccc(N4CCC[C@H]4c4ncccc4F)nc23)c1. The molecule has 1 atom stereocenters. The van der Waals surface area contributed by atoms with Crippen molar-refractivity contribution in [1.82, 2.24) is 29.4 Å². The molecular formula is C19H18FN7. The van der Waals surface area contributed by atoms with Crippen LogP contribution < -0.4 is 4.90 Å². The van der Waals surface area contributed by atoms with E-state index in [0.717, 1.165) is 36.5 Å². The summed E-state index contributed by atoms with van der Waals surface area (Å²) in [6.45, 7) is 2.80. The Morgan fingerprint density at radius 1 is 1.19 bits per heavy atom. The van der Waals surface area contributed by atoms with Crippen molar-refractivity contribution in [3.05, 3.63) is 66.3 Å². The van der Waals surface area contributed by atoms with Crippen LogP contribution in [0.25, 0.3) is 11.3 Å². The third-order valence-corrected chi connectivity index (χ3v) is 4.94. The van der Waals surface area contributed by atoms with Crippen molar-refractivity contribution in [1.29, 1.82) is 0 Å². The number of aromatic nitrogens is 6. The van der Waals surface area contributed by atoms with Crippen LogP contribution in [-0.2, 0) is 0 Å². The molecule has 1 saturated heterocycles. The van der Waals surface area contributed by atoms with E-state index in [0.29, 0.717) is 11.3 Å². The molecule has 27 heavy (non-hydrogen) atoms. The van der Waals surface area contributed by atoms with Crippen molar-refractivity contribution in [2.45, 2.75) is 25.8 Å². The lowest BCUT2D eigenvalue weighted by Crippen LogP contribution is -2.25. The molecule has 5 heterocycles. The molecule has 0 N–H and O–H groups in total. The average Bonchev–Trinajstić information content (AvgIpc) is 3.40. The van der Waals surface area contributed by atoms with E-state index in [-0.39, 0.29) is 11.9 Å². The number of aryl methyl sites for hydroxylation is 1. The summed E-state index contributed by atoms with van der Waals surface area (Å²) in [5, 5.41) is 8.73. The molecule has 0 bridgehead atoms. The Hall–Kier alpha value is -3.29. The summed E-state index contributed by atoms with van der Waals surface area (Å²) in [4.78, 5) is 11.2. The molecule has 4 aromatic rings. The van der Waals surface area contributed by atoms with Gasteiger partial charge in [0.05, 0.1) is 24.1 Å². The summed E-state index contributed by atoms with van der Waals surface area (Å²) in [5.41, 5.74) is 3.07. The fraction of sp³-hybridized carbons (Fsp3) is 0.263. The number of halogens is 1. The number of nitrogens with zero attached hydrogens (tertiary/aromatic N) is 7. The third-order valence-electron chi connectivity index (χ3n) is 4.94. The maximum atomic E-state index is 14.3. The van der Waals surface area contributed by atoms with E-state index < -0.39 is 0 Å². The van der Waals surface area contributed by atoms with Gasteiger partial charge in [-0.25, -0.2) is 18.6 Å². The van der Waals surface area contributed by atoms with Gasteiger partial charge in [0.15, 0.2) is 5.65 Å². The van der Waals surface area contributed by atoms with Gasteiger partial charge in [0.25, 0.3) is 0 Å². The molecule has 7 nitrogen and oxygen atoms in total. The Bertz CT molecular complexity index is 1120. The van der Waals surface area contributed by atoms with E-state index in [1.807, 2.05) is 25.4 Å². The van der Waals surface area contributed by atoms with E-state index in [1.165, 1.54) is 6.07 Å². The summed E-state index contributed by atoms with van der Waals surface area (Å²) in [6.07, 6.45) is 10.8. The van der Waals surface area contributed by atoms with E-state index in [9.17, 15) is 4.39 Å². The highest BCUT2D eigenvalue weighted by Crippen LogP contribution is 2.35. The maximum Gasteiger partial charge on any atom is 0.183 e. The number of hydrogen-bond acceptors (Lipinski definition) is 5. The van der Waals surface area contributed by atoms with Crippen molar-refractivity contribution in [3.63, 3.8) is 0 Å². The molecule has 0 spiro atoms. The Labute approximate surface area is 155 Å². The summed E-state index contributed by atoms with van der Waals surface area (Å²) in [6, 6.07) is 4.88. The predicted molar refractivity (Wildman–Crippen MR) is 98.4 cm³/mol. The molecule has 5 rings (SSSR count).